The van der Waals surface area contributed by atoms with Gasteiger partial charge in [0.25, 0.3) is 0 Å². The fourth-order valence-electron chi connectivity index (χ4n) is 1.34. The Morgan fingerprint density at radius 1 is 1.62 bits per heavy atom. The molecule has 46 valence electrons. The highest BCUT2D eigenvalue weighted by atomic mass is 15.1. The fraction of sp³-hybridized carbons (Fsp3) is 1.00. The zero-order valence-corrected chi connectivity index (χ0v) is 5.35. The van der Waals surface area contributed by atoms with Gasteiger partial charge >= 0.3 is 0 Å². The highest BCUT2D eigenvalue weighted by Gasteiger charge is 2.37. The van der Waals surface area contributed by atoms with E-state index in [9.17, 15) is 0 Å². The summed E-state index contributed by atoms with van der Waals surface area (Å²) in [5.41, 5.74) is 0. The summed E-state index contributed by atoms with van der Waals surface area (Å²) in [4.78, 5) is 0. The second kappa shape index (κ2) is 1.47. The van der Waals surface area contributed by atoms with Crippen LogP contribution in [0.25, 0.3) is 0 Å². The molecule has 0 aromatic heterocycles. The van der Waals surface area contributed by atoms with Gasteiger partial charge in [-0.25, -0.2) is 0 Å². The molecule has 0 aromatic rings. The van der Waals surface area contributed by atoms with Crippen LogP contribution in [-0.4, -0.2) is 12.6 Å². The van der Waals surface area contributed by atoms with Crippen LogP contribution in [0.3, 0.4) is 0 Å². The van der Waals surface area contributed by atoms with Gasteiger partial charge in [0.2, 0.25) is 0 Å². The van der Waals surface area contributed by atoms with E-state index >= 15 is 0 Å². The number of hydrogen-bond donors (Lipinski definition) is 1. The Labute approximate surface area is 50.5 Å². The van der Waals surface area contributed by atoms with Crippen molar-refractivity contribution < 1.29 is 0 Å². The van der Waals surface area contributed by atoms with Gasteiger partial charge in [-0.2, -0.15) is 0 Å². The molecule has 1 heterocycles. The Morgan fingerprint density at radius 2 is 2.25 bits per heavy atom. The third-order valence-corrected chi connectivity index (χ3v) is 2.36. The molecule has 1 aliphatic heterocycles. The first-order chi connectivity index (χ1) is 3.86. The lowest BCUT2D eigenvalue weighted by atomic mass is 10.2. The van der Waals surface area contributed by atoms with E-state index in [4.69, 9.17) is 0 Å². The average molecular weight is 111 g/mol. The maximum atomic E-state index is 3.33. The molecule has 0 aromatic carbocycles. The quantitative estimate of drug-likeness (QED) is 0.528. The third-order valence-electron chi connectivity index (χ3n) is 2.36. The van der Waals surface area contributed by atoms with E-state index < -0.39 is 0 Å². The number of hydrogen-bond acceptors (Lipinski definition) is 1. The van der Waals surface area contributed by atoms with Gasteiger partial charge in [0.05, 0.1) is 0 Å². The van der Waals surface area contributed by atoms with Crippen molar-refractivity contribution in [3.05, 3.63) is 0 Å². The molecule has 0 amide bonds. The fourth-order valence-corrected chi connectivity index (χ4v) is 1.34. The minimum Gasteiger partial charge on any atom is -0.311 e. The van der Waals surface area contributed by atoms with Gasteiger partial charge in [-0.05, 0) is 24.7 Å². The topological polar surface area (TPSA) is 21.9 Å². The lowest BCUT2D eigenvalue weighted by molar-refractivity contribution is 0.664. The first-order valence-electron chi connectivity index (χ1n) is 3.59. The first-order valence-corrected chi connectivity index (χ1v) is 3.59. The van der Waals surface area contributed by atoms with E-state index in [0.29, 0.717) is 0 Å². The summed E-state index contributed by atoms with van der Waals surface area (Å²) >= 11 is 0. The van der Waals surface area contributed by atoms with Crippen molar-refractivity contribution in [2.75, 3.05) is 6.54 Å². The van der Waals surface area contributed by atoms with Crippen LogP contribution >= 0.6 is 0 Å². The Hall–Kier alpha value is -0.0400. The highest BCUT2D eigenvalue weighted by molar-refractivity contribution is 4.92. The van der Waals surface area contributed by atoms with Crippen molar-refractivity contribution in [3.63, 3.8) is 0 Å². The van der Waals surface area contributed by atoms with Crippen molar-refractivity contribution in [3.8, 4) is 0 Å². The summed E-state index contributed by atoms with van der Waals surface area (Å²) in [7, 11) is 0. The van der Waals surface area contributed by atoms with Gasteiger partial charge in [-0.3, -0.25) is 0 Å². The zero-order valence-electron chi connectivity index (χ0n) is 5.35. The largest absolute Gasteiger partial charge is 0.311 e. The Morgan fingerprint density at radius 3 is 2.62 bits per heavy atom. The second-order valence-corrected chi connectivity index (χ2v) is 3.31. The van der Waals surface area contributed by atoms with E-state index in [1.807, 2.05) is 0 Å². The molecule has 3 unspecified atom stereocenters. The Bertz CT molecular complexity index is 96.6. The standard InChI is InChI=1S/C7H13N/c1-5-2-6(5)3-7-4-8-7/h5-8H,2-4H2,1H3. The Kier molecular flexibility index (Phi) is 0.884. The lowest BCUT2D eigenvalue weighted by Gasteiger charge is -1.88. The summed E-state index contributed by atoms with van der Waals surface area (Å²) in [6, 6.07) is 0.921. The summed E-state index contributed by atoms with van der Waals surface area (Å²) in [6.45, 7) is 3.65. The van der Waals surface area contributed by atoms with E-state index in [2.05, 4.69) is 12.2 Å². The molecule has 2 fully saturated rings. The van der Waals surface area contributed by atoms with Crippen LogP contribution < -0.4 is 5.32 Å². The van der Waals surface area contributed by atoms with Crippen LogP contribution in [0.2, 0.25) is 0 Å². The first kappa shape index (κ1) is 4.80. The molecular formula is C7H13N. The van der Waals surface area contributed by atoms with Gasteiger partial charge in [0.15, 0.2) is 0 Å². The summed E-state index contributed by atoms with van der Waals surface area (Å²) in [6.07, 6.45) is 2.96. The van der Waals surface area contributed by atoms with Crippen molar-refractivity contribution in [1.29, 1.82) is 0 Å². The van der Waals surface area contributed by atoms with Crippen LogP contribution in [0.4, 0.5) is 0 Å². The minimum absolute atomic E-state index is 0.921. The zero-order chi connectivity index (χ0) is 5.56. The monoisotopic (exact) mass is 111 g/mol. The smallest absolute Gasteiger partial charge is 0.0195 e. The normalized spacial score (nSPS) is 51.4. The lowest BCUT2D eigenvalue weighted by Crippen LogP contribution is -1.91. The molecule has 0 spiro atoms. The van der Waals surface area contributed by atoms with Gasteiger partial charge in [-0.1, -0.05) is 6.92 Å². The molecule has 1 nitrogen and oxygen atoms in total. The molecule has 1 aliphatic carbocycles. The molecule has 0 bridgehead atoms. The van der Waals surface area contributed by atoms with Crippen LogP contribution in [-0.2, 0) is 0 Å². The van der Waals surface area contributed by atoms with Crippen LogP contribution in [0.1, 0.15) is 19.8 Å². The summed E-state index contributed by atoms with van der Waals surface area (Å²) < 4.78 is 0. The van der Waals surface area contributed by atoms with Crippen LogP contribution in [0, 0.1) is 11.8 Å². The molecule has 1 N–H and O–H groups in total. The predicted octanol–water partition coefficient (Wildman–Crippen LogP) is 1.00. The SMILES string of the molecule is CC1CC1CC1CN1. The van der Waals surface area contributed by atoms with E-state index in [-0.39, 0.29) is 0 Å². The van der Waals surface area contributed by atoms with Crippen molar-refractivity contribution in [2.24, 2.45) is 11.8 Å². The average Bonchev–Trinajstić information content (AvgIpc) is 2.52. The minimum atomic E-state index is 0.921. The molecule has 2 aliphatic rings. The van der Waals surface area contributed by atoms with Crippen LogP contribution in [0.15, 0.2) is 0 Å². The predicted molar refractivity (Wildman–Crippen MR) is 33.7 cm³/mol. The maximum Gasteiger partial charge on any atom is 0.0195 e. The summed E-state index contributed by atoms with van der Waals surface area (Å²) in [5.74, 6) is 2.15. The molecular weight excluding hydrogens is 98.1 g/mol. The summed E-state index contributed by atoms with van der Waals surface area (Å²) in [5, 5.41) is 3.33. The number of nitrogens with one attached hydrogen (secondary N) is 1. The van der Waals surface area contributed by atoms with Gasteiger partial charge in [0, 0.05) is 12.6 Å². The van der Waals surface area contributed by atoms with Gasteiger partial charge in [-0.15, -0.1) is 0 Å². The molecule has 1 saturated heterocycles. The second-order valence-electron chi connectivity index (χ2n) is 3.31. The highest BCUT2D eigenvalue weighted by Crippen LogP contribution is 2.42. The molecule has 1 heteroatoms. The molecule has 0 radical (unpaired) electrons. The van der Waals surface area contributed by atoms with Crippen LogP contribution in [0.5, 0.6) is 0 Å². The van der Waals surface area contributed by atoms with Gasteiger partial charge < -0.3 is 5.32 Å². The van der Waals surface area contributed by atoms with E-state index in [1.165, 1.54) is 19.4 Å². The maximum absolute atomic E-state index is 3.33. The molecule has 2 rings (SSSR count). The molecule has 3 atom stereocenters. The van der Waals surface area contributed by atoms with E-state index in [1.54, 1.807) is 0 Å². The van der Waals surface area contributed by atoms with Crippen molar-refractivity contribution >= 4 is 0 Å². The van der Waals surface area contributed by atoms with Crippen molar-refractivity contribution in [1.82, 2.24) is 5.32 Å². The third kappa shape index (κ3) is 0.873. The molecule has 1 saturated carbocycles. The van der Waals surface area contributed by atoms with E-state index in [0.717, 1.165) is 17.9 Å². The number of rotatable bonds is 2. The van der Waals surface area contributed by atoms with Crippen molar-refractivity contribution in [2.45, 2.75) is 25.8 Å². The molecule has 8 heavy (non-hydrogen) atoms. The Balaban J connectivity index is 1.69. The van der Waals surface area contributed by atoms with Gasteiger partial charge in [0.1, 0.15) is 0 Å².